The normalized spacial score (nSPS) is 11.3. The number of aromatic nitrogens is 5. The van der Waals surface area contributed by atoms with Crippen molar-refractivity contribution in [3.05, 3.63) is 224 Å². The second-order valence-electron chi connectivity index (χ2n) is 15.6. The molecule has 0 spiro atoms. The number of benzene rings is 8. The van der Waals surface area contributed by atoms with Crippen LogP contribution < -0.4 is 0 Å². The van der Waals surface area contributed by atoms with Crippen LogP contribution in [0.15, 0.2) is 218 Å². The Bertz CT molecular complexity index is 3280. The fourth-order valence-corrected chi connectivity index (χ4v) is 8.46. The number of hydrogen-bond donors (Lipinski definition) is 0. The molecule has 0 fully saturated rings. The van der Waals surface area contributed by atoms with Gasteiger partial charge in [0.2, 0.25) is 0 Å². The molecule has 5 nitrogen and oxygen atoms in total. The van der Waals surface area contributed by atoms with Crippen molar-refractivity contribution in [2.45, 2.75) is 6.92 Å². The topological polar surface area (TPSA) is 56.5 Å². The Hall–Kier alpha value is -8.28. The van der Waals surface area contributed by atoms with E-state index in [1.54, 1.807) is 0 Å². The standard InChI is InChI=1S/C57H39N5/c1-38-17-16-26-43(33-38)44-29-31-47-46-27-14-15-28-53(46)62(55(47)35-44)54-32-30-45(51-36-49(39-18-6-2-7-19-39)58-56(60-51)41-22-10-4-11-23-41)34-48(54)52-37-50(40-20-8-3-9-21-40)59-57(61-52)42-24-12-5-13-25-42/h2-37H,1H3. The van der Waals surface area contributed by atoms with Crippen LogP contribution in [0, 0.1) is 6.92 Å². The zero-order chi connectivity index (χ0) is 41.4. The maximum absolute atomic E-state index is 5.41. The van der Waals surface area contributed by atoms with Crippen LogP contribution in [-0.2, 0) is 0 Å². The van der Waals surface area contributed by atoms with E-state index in [2.05, 4.69) is 169 Å². The minimum atomic E-state index is 0.655. The molecule has 3 heterocycles. The van der Waals surface area contributed by atoms with Gasteiger partial charge < -0.3 is 4.57 Å². The number of nitrogens with zero attached hydrogens (tertiary/aromatic N) is 5. The highest BCUT2D eigenvalue weighted by molar-refractivity contribution is 6.11. The minimum absolute atomic E-state index is 0.655. The van der Waals surface area contributed by atoms with Gasteiger partial charge in [0, 0.05) is 44.2 Å². The summed E-state index contributed by atoms with van der Waals surface area (Å²) in [5.74, 6) is 1.32. The molecule has 0 aliphatic rings. The van der Waals surface area contributed by atoms with Gasteiger partial charge in [-0.1, -0.05) is 188 Å². The lowest BCUT2D eigenvalue weighted by atomic mass is 9.99. The van der Waals surface area contributed by atoms with Gasteiger partial charge in [-0.25, -0.2) is 19.9 Å². The van der Waals surface area contributed by atoms with Crippen molar-refractivity contribution < 1.29 is 0 Å². The third-order valence-corrected chi connectivity index (χ3v) is 11.5. The average Bonchev–Trinajstić information content (AvgIpc) is 3.68. The van der Waals surface area contributed by atoms with Crippen LogP contribution in [0.4, 0.5) is 0 Å². The summed E-state index contributed by atoms with van der Waals surface area (Å²) in [6.45, 7) is 2.14. The van der Waals surface area contributed by atoms with E-state index in [4.69, 9.17) is 19.9 Å². The monoisotopic (exact) mass is 793 g/mol. The molecule has 0 aliphatic carbocycles. The number of para-hydroxylation sites is 1. The van der Waals surface area contributed by atoms with Crippen molar-refractivity contribution in [1.29, 1.82) is 0 Å². The predicted molar refractivity (Wildman–Crippen MR) is 255 cm³/mol. The number of fused-ring (bicyclic) bond motifs is 3. The quantitative estimate of drug-likeness (QED) is 0.154. The van der Waals surface area contributed by atoms with Crippen LogP contribution in [0.1, 0.15) is 5.56 Å². The average molecular weight is 794 g/mol. The summed E-state index contributed by atoms with van der Waals surface area (Å²) in [5.41, 5.74) is 15.9. The summed E-state index contributed by atoms with van der Waals surface area (Å²) in [6, 6.07) is 76.2. The molecule has 0 saturated carbocycles. The third-order valence-electron chi connectivity index (χ3n) is 11.5. The molecule has 11 aromatic rings. The molecule has 0 N–H and O–H groups in total. The van der Waals surface area contributed by atoms with E-state index in [0.29, 0.717) is 11.6 Å². The molecule has 0 bridgehead atoms. The predicted octanol–water partition coefficient (Wildman–Crippen LogP) is 14.3. The SMILES string of the molecule is Cc1cccc(-c2ccc3c4ccccc4n(-c4ccc(-c5cc(-c6ccccc6)nc(-c6ccccc6)n5)cc4-c4cc(-c5ccccc5)nc(-c5ccccc5)n4)c3c2)c1. The molecule has 0 unspecified atom stereocenters. The number of aryl methyl sites for hydroxylation is 1. The van der Waals surface area contributed by atoms with Gasteiger partial charge in [-0.15, -0.1) is 0 Å². The lowest BCUT2D eigenvalue weighted by molar-refractivity contribution is 1.15. The Labute approximate surface area is 360 Å². The van der Waals surface area contributed by atoms with Gasteiger partial charge in [-0.3, -0.25) is 0 Å². The van der Waals surface area contributed by atoms with Crippen LogP contribution in [0.2, 0.25) is 0 Å². The molecule has 62 heavy (non-hydrogen) atoms. The van der Waals surface area contributed by atoms with Gasteiger partial charge in [0.1, 0.15) is 0 Å². The van der Waals surface area contributed by atoms with E-state index in [0.717, 1.165) is 78.4 Å². The highest BCUT2D eigenvalue weighted by Gasteiger charge is 2.21. The maximum atomic E-state index is 5.41. The van der Waals surface area contributed by atoms with Crippen molar-refractivity contribution in [3.8, 4) is 84.6 Å². The summed E-state index contributed by atoms with van der Waals surface area (Å²) in [6.07, 6.45) is 0. The zero-order valence-electron chi connectivity index (χ0n) is 34.0. The number of rotatable bonds is 8. The Morgan fingerprint density at radius 3 is 1.39 bits per heavy atom. The van der Waals surface area contributed by atoms with E-state index in [-0.39, 0.29) is 0 Å². The summed E-state index contributed by atoms with van der Waals surface area (Å²) in [5, 5.41) is 2.36. The van der Waals surface area contributed by atoms with Crippen molar-refractivity contribution >= 4 is 21.8 Å². The third kappa shape index (κ3) is 6.91. The van der Waals surface area contributed by atoms with E-state index in [1.165, 1.54) is 21.9 Å². The largest absolute Gasteiger partial charge is 0.309 e. The zero-order valence-corrected chi connectivity index (χ0v) is 34.0. The molecule has 0 atom stereocenters. The number of hydrogen-bond acceptors (Lipinski definition) is 4. The maximum Gasteiger partial charge on any atom is 0.160 e. The van der Waals surface area contributed by atoms with Crippen molar-refractivity contribution in [2.75, 3.05) is 0 Å². The molecule has 0 radical (unpaired) electrons. The second-order valence-corrected chi connectivity index (χ2v) is 15.6. The second kappa shape index (κ2) is 15.7. The smallest absolute Gasteiger partial charge is 0.160 e. The van der Waals surface area contributed by atoms with Gasteiger partial charge in [0.05, 0.1) is 39.5 Å². The molecule has 8 aromatic carbocycles. The first-order valence-corrected chi connectivity index (χ1v) is 20.9. The molecule has 0 aliphatic heterocycles. The van der Waals surface area contributed by atoms with Gasteiger partial charge >= 0.3 is 0 Å². The van der Waals surface area contributed by atoms with Crippen LogP contribution in [-0.4, -0.2) is 24.5 Å². The van der Waals surface area contributed by atoms with Gasteiger partial charge in [-0.2, -0.15) is 0 Å². The molecule has 0 amide bonds. The Balaban J connectivity index is 1.21. The van der Waals surface area contributed by atoms with Gasteiger partial charge in [0.15, 0.2) is 11.6 Å². The molecule has 5 heteroatoms. The van der Waals surface area contributed by atoms with Crippen molar-refractivity contribution in [3.63, 3.8) is 0 Å². The van der Waals surface area contributed by atoms with Crippen LogP contribution in [0.25, 0.3) is 106 Å². The molecular weight excluding hydrogens is 755 g/mol. The first kappa shape index (κ1) is 36.8. The summed E-state index contributed by atoms with van der Waals surface area (Å²) >= 11 is 0. The summed E-state index contributed by atoms with van der Waals surface area (Å²) in [4.78, 5) is 20.9. The van der Waals surface area contributed by atoms with Crippen molar-refractivity contribution in [1.82, 2.24) is 24.5 Å². The molecule has 3 aromatic heterocycles. The highest BCUT2D eigenvalue weighted by atomic mass is 15.0. The van der Waals surface area contributed by atoms with Crippen LogP contribution >= 0.6 is 0 Å². The molecule has 0 saturated heterocycles. The minimum Gasteiger partial charge on any atom is -0.309 e. The first-order valence-electron chi connectivity index (χ1n) is 20.9. The van der Waals surface area contributed by atoms with Crippen LogP contribution in [0.3, 0.4) is 0 Å². The lowest BCUT2D eigenvalue weighted by Crippen LogP contribution is -2.02. The Morgan fingerprint density at radius 1 is 0.306 bits per heavy atom. The van der Waals surface area contributed by atoms with Gasteiger partial charge in [0.25, 0.3) is 0 Å². The fraction of sp³-hybridized carbons (Fsp3) is 0.0175. The van der Waals surface area contributed by atoms with E-state index >= 15 is 0 Å². The fourth-order valence-electron chi connectivity index (χ4n) is 8.46. The lowest BCUT2D eigenvalue weighted by Gasteiger charge is -2.17. The Kier molecular flexibility index (Phi) is 9.32. The summed E-state index contributed by atoms with van der Waals surface area (Å²) < 4.78 is 2.40. The first-order chi connectivity index (χ1) is 30.6. The van der Waals surface area contributed by atoms with E-state index < -0.39 is 0 Å². The highest BCUT2D eigenvalue weighted by Crippen LogP contribution is 2.41. The van der Waals surface area contributed by atoms with Crippen molar-refractivity contribution in [2.24, 2.45) is 0 Å². The van der Waals surface area contributed by atoms with Crippen LogP contribution in [0.5, 0.6) is 0 Å². The molecule has 292 valence electrons. The van der Waals surface area contributed by atoms with Gasteiger partial charge in [-0.05, 0) is 54.4 Å². The summed E-state index contributed by atoms with van der Waals surface area (Å²) in [7, 11) is 0. The van der Waals surface area contributed by atoms with E-state index in [1.807, 2.05) is 60.7 Å². The molecular formula is C57H39N5. The molecule has 11 rings (SSSR count). The Morgan fingerprint density at radius 2 is 0.774 bits per heavy atom. The van der Waals surface area contributed by atoms with E-state index in [9.17, 15) is 0 Å².